The molecule has 0 saturated heterocycles. The van der Waals surface area contributed by atoms with Crippen LogP contribution >= 0.6 is 0 Å². The molecule has 3 rings (SSSR count). The average molecular weight is 242 g/mol. The summed E-state index contributed by atoms with van der Waals surface area (Å²) in [6.45, 7) is 0. The van der Waals surface area contributed by atoms with Crippen LogP contribution in [0.3, 0.4) is 0 Å². The molecule has 2 unspecified atom stereocenters. The summed E-state index contributed by atoms with van der Waals surface area (Å²) in [6.07, 6.45) is 7.03. The molecule has 1 aliphatic rings. The third kappa shape index (κ3) is 1.89. The molecule has 94 valence electrons. The zero-order valence-corrected chi connectivity index (χ0v) is 10.3. The molecule has 0 aliphatic heterocycles. The molecule has 0 spiro atoms. The number of pyridine rings is 1. The smallest absolute Gasteiger partial charge is 0.0917 e. The highest BCUT2D eigenvalue weighted by Gasteiger charge is 2.35. The van der Waals surface area contributed by atoms with Gasteiger partial charge < -0.3 is 10.8 Å². The highest BCUT2D eigenvalue weighted by atomic mass is 16.3. The van der Waals surface area contributed by atoms with Crippen molar-refractivity contribution < 1.29 is 5.11 Å². The van der Waals surface area contributed by atoms with E-state index >= 15 is 0 Å². The molecule has 18 heavy (non-hydrogen) atoms. The minimum Gasteiger partial charge on any atom is -0.385 e. The maximum atomic E-state index is 10.9. The van der Waals surface area contributed by atoms with Crippen LogP contribution in [0, 0.1) is 0 Å². The quantitative estimate of drug-likeness (QED) is 0.806. The number of benzene rings is 1. The molecule has 2 atom stereocenters. The number of hydrogen-bond donors (Lipinski definition) is 2. The van der Waals surface area contributed by atoms with Crippen LogP contribution in [0.15, 0.2) is 36.7 Å². The maximum Gasteiger partial charge on any atom is 0.0917 e. The van der Waals surface area contributed by atoms with Gasteiger partial charge in [-0.25, -0.2) is 0 Å². The van der Waals surface area contributed by atoms with E-state index in [0.29, 0.717) is 6.42 Å². The lowest BCUT2D eigenvalue weighted by Gasteiger charge is -2.36. The molecular weight excluding hydrogens is 224 g/mol. The summed E-state index contributed by atoms with van der Waals surface area (Å²) >= 11 is 0. The predicted molar refractivity (Wildman–Crippen MR) is 72.1 cm³/mol. The van der Waals surface area contributed by atoms with E-state index in [1.54, 1.807) is 6.20 Å². The Morgan fingerprint density at radius 3 is 3.06 bits per heavy atom. The fourth-order valence-electron chi connectivity index (χ4n) is 3.06. The van der Waals surface area contributed by atoms with Crippen molar-refractivity contribution in [1.29, 1.82) is 0 Å². The second-order valence-electron chi connectivity index (χ2n) is 5.29. The molecule has 1 aromatic heterocycles. The summed E-state index contributed by atoms with van der Waals surface area (Å²) in [6, 6.07) is 8.12. The van der Waals surface area contributed by atoms with Crippen molar-refractivity contribution in [2.24, 2.45) is 5.73 Å². The van der Waals surface area contributed by atoms with E-state index in [-0.39, 0.29) is 6.04 Å². The summed E-state index contributed by atoms with van der Waals surface area (Å²) in [7, 11) is 0. The van der Waals surface area contributed by atoms with Crippen molar-refractivity contribution in [3.63, 3.8) is 0 Å². The second kappa shape index (κ2) is 4.34. The van der Waals surface area contributed by atoms with Gasteiger partial charge in [0.25, 0.3) is 0 Å². The van der Waals surface area contributed by atoms with E-state index in [4.69, 9.17) is 5.73 Å². The Morgan fingerprint density at radius 2 is 2.22 bits per heavy atom. The number of aliphatic hydroxyl groups is 1. The lowest BCUT2D eigenvalue weighted by Crippen LogP contribution is -2.39. The summed E-state index contributed by atoms with van der Waals surface area (Å²) < 4.78 is 0. The Kier molecular flexibility index (Phi) is 2.80. The van der Waals surface area contributed by atoms with Crippen LogP contribution in [0.4, 0.5) is 0 Å². The predicted octanol–water partition coefficient (Wildman–Crippen LogP) is 2.32. The van der Waals surface area contributed by atoms with E-state index in [1.165, 1.54) is 0 Å². The van der Waals surface area contributed by atoms with Gasteiger partial charge >= 0.3 is 0 Å². The minimum absolute atomic E-state index is 0.0932. The van der Waals surface area contributed by atoms with Gasteiger partial charge in [0.05, 0.1) is 5.60 Å². The number of nitrogens with two attached hydrogens (primary N) is 1. The third-order valence-electron chi connectivity index (χ3n) is 3.95. The zero-order chi connectivity index (χ0) is 12.6. The van der Waals surface area contributed by atoms with Gasteiger partial charge in [0, 0.05) is 23.8 Å². The zero-order valence-electron chi connectivity index (χ0n) is 10.3. The monoisotopic (exact) mass is 242 g/mol. The van der Waals surface area contributed by atoms with E-state index in [0.717, 1.165) is 35.6 Å². The molecule has 1 fully saturated rings. The van der Waals surface area contributed by atoms with Crippen molar-refractivity contribution in [2.75, 3.05) is 0 Å². The molecule has 1 heterocycles. The summed E-state index contributed by atoms with van der Waals surface area (Å²) in [5.41, 5.74) is 6.20. The van der Waals surface area contributed by atoms with Gasteiger partial charge in [-0.2, -0.15) is 0 Å². The first-order chi connectivity index (χ1) is 8.69. The minimum atomic E-state index is -0.791. The number of hydrogen-bond acceptors (Lipinski definition) is 3. The SMILES string of the molecule is NC1CCCC(O)(c2cccc3ccncc23)C1. The summed E-state index contributed by atoms with van der Waals surface area (Å²) in [5.74, 6) is 0. The van der Waals surface area contributed by atoms with E-state index in [2.05, 4.69) is 4.98 Å². The molecule has 0 amide bonds. The van der Waals surface area contributed by atoms with Crippen molar-refractivity contribution in [1.82, 2.24) is 4.98 Å². The first kappa shape index (κ1) is 11.6. The molecule has 1 aromatic carbocycles. The van der Waals surface area contributed by atoms with Crippen LogP contribution in [0.5, 0.6) is 0 Å². The van der Waals surface area contributed by atoms with Gasteiger partial charge in [0.15, 0.2) is 0 Å². The lowest BCUT2D eigenvalue weighted by atomic mass is 9.76. The van der Waals surface area contributed by atoms with Gasteiger partial charge in [0.1, 0.15) is 0 Å². The van der Waals surface area contributed by atoms with Crippen molar-refractivity contribution in [3.8, 4) is 0 Å². The normalized spacial score (nSPS) is 28.4. The molecular formula is C15H18N2O. The fourth-order valence-corrected chi connectivity index (χ4v) is 3.06. The number of rotatable bonds is 1. The van der Waals surface area contributed by atoms with Crippen LogP contribution in [-0.4, -0.2) is 16.1 Å². The molecule has 3 heteroatoms. The number of fused-ring (bicyclic) bond motifs is 1. The lowest BCUT2D eigenvalue weighted by molar-refractivity contribution is -0.00582. The Hall–Kier alpha value is -1.45. The van der Waals surface area contributed by atoms with Gasteiger partial charge in [0.2, 0.25) is 0 Å². The first-order valence-electron chi connectivity index (χ1n) is 6.50. The number of nitrogens with zero attached hydrogens (tertiary/aromatic N) is 1. The van der Waals surface area contributed by atoms with Crippen LogP contribution < -0.4 is 5.73 Å². The molecule has 2 aromatic rings. The molecule has 0 radical (unpaired) electrons. The van der Waals surface area contributed by atoms with Crippen LogP contribution in [0.1, 0.15) is 31.2 Å². The summed E-state index contributed by atoms with van der Waals surface area (Å²) in [5, 5.41) is 13.1. The van der Waals surface area contributed by atoms with Gasteiger partial charge in [-0.1, -0.05) is 18.2 Å². The van der Waals surface area contributed by atoms with Crippen LogP contribution in [0.25, 0.3) is 10.8 Å². The maximum absolute atomic E-state index is 10.9. The van der Waals surface area contributed by atoms with Crippen molar-refractivity contribution in [3.05, 3.63) is 42.2 Å². The van der Waals surface area contributed by atoms with Gasteiger partial charge in [-0.3, -0.25) is 4.98 Å². The van der Waals surface area contributed by atoms with E-state index in [9.17, 15) is 5.11 Å². The van der Waals surface area contributed by atoms with Crippen molar-refractivity contribution in [2.45, 2.75) is 37.3 Å². The topological polar surface area (TPSA) is 59.1 Å². The number of aromatic nitrogens is 1. The average Bonchev–Trinajstić information content (AvgIpc) is 2.38. The Balaban J connectivity index is 2.13. The molecule has 0 bridgehead atoms. The molecule has 1 saturated carbocycles. The first-order valence-corrected chi connectivity index (χ1v) is 6.50. The van der Waals surface area contributed by atoms with Crippen LogP contribution in [-0.2, 0) is 5.60 Å². The van der Waals surface area contributed by atoms with Gasteiger partial charge in [-0.15, -0.1) is 0 Å². The molecule has 3 nitrogen and oxygen atoms in total. The largest absolute Gasteiger partial charge is 0.385 e. The Bertz CT molecular complexity index is 564. The summed E-state index contributed by atoms with van der Waals surface area (Å²) in [4.78, 5) is 4.18. The van der Waals surface area contributed by atoms with Crippen molar-refractivity contribution >= 4 is 10.8 Å². The fraction of sp³-hybridized carbons (Fsp3) is 0.400. The Morgan fingerprint density at radius 1 is 1.33 bits per heavy atom. The highest BCUT2D eigenvalue weighted by molar-refractivity contribution is 5.85. The van der Waals surface area contributed by atoms with Gasteiger partial charge in [-0.05, 0) is 42.7 Å². The molecule has 1 aliphatic carbocycles. The highest BCUT2D eigenvalue weighted by Crippen LogP contribution is 2.39. The van der Waals surface area contributed by atoms with E-state index in [1.807, 2.05) is 30.5 Å². The van der Waals surface area contributed by atoms with E-state index < -0.39 is 5.60 Å². The standard InChI is InChI=1S/C15H18N2O/c16-12-4-2-7-15(18,9-12)14-5-1-3-11-6-8-17-10-13(11)14/h1,3,5-6,8,10,12,18H,2,4,7,9,16H2. The third-order valence-corrected chi connectivity index (χ3v) is 3.95. The second-order valence-corrected chi connectivity index (χ2v) is 5.29. The Labute approximate surface area is 107 Å². The van der Waals surface area contributed by atoms with Crippen LogP contribution in [0.2, 0.25) is 0 Å². The molecule has 3 N–H and O–H groups in total.